The van der Waals surface area contributed by atoms with Crippen molar-refractivity contribution in [2.75, 3.05) is 0 Å². The minimum absolute atomic E-state index is 0.833. The van der Waals surface area contributed by atoms with Gasteiger partial charge in [-0.05, 0) is 209 Å². The zero-order valence-electron chi connectivity index (χ0n) is 53.5. The van der Waals surface area contributed by atoms with E-state index < -0.39 is 0 Å². The van der Waals surface area contributed by atoms with Gasteiger partial charge in [0.1, 0.15) is 33.5 Å². The van der Waals surface area contributed by atoms with Crippen LogP contribution in [0.4, 0.5) is 0 Å². The van der Waals surface area contributed by atoms with Crippen LogP contribution < -0.4 is 0 Å². The molecule has 6 heterocycles. The molecule has 0 radical (unpaired) electrons. The number of hydrogen-bond donors (Lipinski definition) is 0. The monoisotopic (exact) mass is 1260 g/mol. The van der Waals surface area contributed by atoms with E-state index in [1.807, 2.05) is 55.0 Å². The highest BCUT2D eigenvalue weighted by Crippen LogP contribution is 2.51. The number of rotatable bonds is 12. The molecule has 6 aromatic heterocycles. The fourth-order valence-corrected chi connectivity index (χ4v) is 15.1. The first kappa shape index (κ1) is 57.2. The average molecular weight is 1260 g/mol. The van der Waals surface area contributed by atoms with Gasteiger partial charge in [0.25, 0.3) is 0 Å². The van der Waals surface area contributed by atoms with Crippen molar-refractivity contribution in [2.24, 2.45) is 0 Å². The van der Waals surface area contributed by atoms with Crippen molar-refractivity contribution in [1.82, 2.24) is 15.0 Å². The van der Waals surface area contributed by atoms with Crippen LogP contribution in [0.1, 0.15) is 0 Å². The highest BCUT2D eigenvalue weighted by atomic mass is 16.3. The second-order valence-electron chi connectivity index (χ2n) is 25.2. The van der Waals surface area contributed by atoms with Gasteiger partial charge in [-0.1, -0.05) is 218 Å². The minimum atomic E-state index is 0.833. The number of fused-ring (bicyclic) bond motifs is 9. The van der Waals surface area contributed by atoms with Crippen molar-refractivity contribution in [3.8, 4) is 134 Å². The highest BCUT2D eigenvalue weighted by Gasteiger charge is 2.25. The summed E-state index contributed by atoms with van der Waals surface area (Å²) < 4.78 is 19.8. The van der Waals surface area contributed by atoms with Crippen LogP contribution in [-0.4, -0.2) is 15.0 Å². The van der Waals surface area contributed by atoms with Crippen LogP contribution in [0.25, 0.3) is 200 Å². The molecule has 0 saturated heterocycles. The molecule has 0 atom stereocenters. The predicted octanol–water partition coefficient (Wildman–Crippen LogP) is 25.6. The topological polar surface area (TPSA) is 78.1 Å². The van der Waals surface area contributed by atoms with Crippen LogP contribution in [0.2, 0.25) is 0 Å². The maximum absolute atomic E-state index is 6.62. The normalized spacial score (nSPS) is 11.6. The lowest BCUT2D eigenvalue weighted by atomic mass is 9.82. The van der Waals surface area contributed by atoms with E-state index >= 15 is 0 Å². The molecule has 0 aliphatic rings. The number of furan rings is 3. The van der Waals surface area contributed by atoms with Gasteiger partial charge in [0, 0.05) is 67.6 Å². The number of hydrogen-bond acceptors (Lipinski definition) is 6. The van der Waals surface area contributed by atoms with Gasteiger partial charge < -0.3 is 13.3 Å². The van der Waals surface area contributed by atoms with Gasteiger partial charge in [-0.15, -0.1) is 0 Å². The van der Waals surface area contributed by atoms with Crippen molar-refractivity contribution in [1.29, 1.82) is 0 Å². The molecule has 0 spiro atoms. The minimum Gasteiger partial charge on any atom is -0.456 e. The van der Waals surface area contributed by atoms with Crippen LogP contribution in [0.3, 0.4) is 0 Å². The van der Waals surface area contributed by atoms with Gasteiger partial charge in [-0.2, -0.15) is 0 Å². The van der Waals surface area contributed by atoms with E-state index in [0.29, 0.717) is 0 Å². The number of pyridine rings is 3. The molecular formula is C93H57N3O3. The SMILES string of the molecule is c1ccc(-c2ccc(-c3ccccc3-c3cc(-c4ccccc4-c4ccc(-c5ccccn5)cc4-c4cccc5oc6ccccc6c45)cc(-c4ccccc4-c4ccc(-c5ccccn5)cc4-c4cccc5oc6ccccc6c45)c3)c(-c3cccc4oc5ccccc5c34)c2)nc1. The summed E-state index contributed by atoms with van der Waals surface area (Å²) in [6.07, 6.45) is 5.59. The standard InChI is InChI=1S/C93H57N3O3/c1-4-25-67(70-46-43-58(82-34-13-16-49-94-82)55-79(70)73-31-19-40-88-91(73)76-28-7-10-37-85(76)97-88)64(22-1)61-52-62(65-23-2-5-26-68(65)71-47-44-59(83-35-14-17-50-95-83)56-80(71)74-32-20-41-89-92(74)77-29-8-11-38-86(77)98-89)54-63(53-61)66-24-3-6-27-69(66)72-48-45-60(84-36-15-18-51-96-84)57-81(72)75-33-21-42-90-93(75)78-30-9-12-39-87(78)99-90/h1-57H. The largest absolute Gasteiger partial charge is 0.456 e. The summed E-state index contributed by atoms with van der Waals surface area (Å²) in [7, 11) is 0. The zero-order valence-corrected chi connectivity index (χ0v) is 53.5. The molecule has 0 fully saturated rings. The number of benzene rings is 13. The number of nitrogens with zero attached hydrogens (tertiary/aromatic N) is 3. The van der Waals surface area contributed by atoms with Crippen LogP contribution >= 0.6 is 0 Å². The summed E-state index contributed by atoms with van der Waals surface area (Å²) in [5.74, 6) is 0. The van der Waals surface area contributed by atoms with Gasteiger partial charge >= 0.3 is 0 Å². The first-order chi connectivity index (χ1) is 49.1. The third-order valence-corrected chi connectivity index (χ3v) is 19.5. The highest BCUT2D eigenvalue weighted by molar-refractivity contribution is 6.17. The molecule has 0 bridgehead atoms. The van der Waals surface area contributed by atoms with E-state index in [1.165, 1.54) is 0 Å². The molecule has 99 heavy (non-hydrogen) atoms. The molecule has 19 aromatic rings. The quantitative estimate of drug-likeness (QED) is 0.121. The van der Waals surface area contributed by atoms with E-state index in [2.05, 4.69) is 291 Å². The lowest BCUT2D eigenvalue weighted by molar-refractivity contribution is 0.668. The molecule has 6 nitrogen and oxygen atoms in total. The molecule has 13 aromatic carbocycles. The molecule has 0 unspecified atom stereocenters. The van der Waals surface area contributed by atoms with Crippen molar-refractivity contribution in [2.45, 2.75) is 0 Å². The Bertz CT molecular complexity index is 5740. The summed E-state index contributed by atoms with van der Waals surface area (Å²) in [6.45, 7) is 0. The molecule has 0 amide bonds. The molecular weight excluding hydrogens is 1210 g/mol. The Morgan fingerprint density at radius 3 is 0.717 bits per heavy atom. The molecule has 462 valence electrons. The van der Waals surface area contributed by atoms with E-state index in [-0.39, 0.29) is 0 Å². The van der Waals surface area contributed by atoms with Crippen molar-refractivity contribution in [3.05, 3.63) is 346 Å². The van der Waals surface area contributed by atoms with Crippen molar-refractivity contribution >= 4 is 65.8 Å². The van der Waals surface area contributed by atoms with Gasteiger partial charge in [0.2, 0.25) is 0 Å². The Morgan fingerprint density at radius 1 is 0.162 bits per heavy atom. The van der Waals surface area contributed by atoms with Crippen LogP contribution in [0.15, 0.2) is 359 Å². The lowest BCUT2D eigenvalue weighted by Crippen LogP contribution is -1.95. The van der Waals surface area contributed by atoms with E-state index in [9.17, 15) is 0 Å². The second-order valence-corrected chi connectivity index (χ2v) is 25.2. The molecule has 0 N–H and O–H groups in total. The Kier molecular flexibility index (Phi) is 13.8. The van der Waals surface area contributed by atoms with Gasteiger partial charge in [-0.3, -0.25) is 15.0 Å². The van der Waals surface area contributed by atoms with E-state index in [4.69, 9.17) is 28.2 Å². The second kappa shape index (κ2) is 23.9. The smallest absolute Gasteiger partial charge is 0.136 e. The Balaban J connectivity index is 0.869. The molecule has 0 aliphatic carbocycles. The number of aromatic nitrogens is 3. The Morgan fingerprint density at radius 2 is 0.414 bits per heavy atom. The molecule has 6 heteroatoms. The third-order valence-electron chi connectivity index (χ3n) is 19.5. The average Bonchev–Trinajstić information content (AvgIpc) is 1.72. The van der Waals surface area contributed by atoms with Gasteiger partial charge in [0.15, 0.2) is 0 Å². The lowest BCUT2D eigenvalue weighted by Gasteiger charge is -2.21. The van der Waals surface area contributed by atoms with E-state index in [0.717, 1.165) is 200 Å². The molecule has 19 rings (SSSR count). The fraction of sp³-hybridized carbons (Fsp3) is 0. The summed E-state index contributed by atoms with van der Waals surface area (Å²) in [4.78, 5) is 14.6. The molecule has 0 saturated carbocycles. The summed E-state index contributed by atoms with van der Waals surface area (Å²) >= 11 is 0. The summed E-state index contributed by atoms with van der Waals surface area (Å²) in [6, 6.07) is 117. The predicted molar refractivity (Wildman–Crippen MR) is 407 cm³/mol. The van der Waals surface area contributed by atoms with Crippen molar-refractivity contribution < 1.29 is 13.3 Å². The van der Waals surface area contributed by atoms with Crippen LogP contribution in [-0.2, 0) is 0 Å². The molecule has 0 aliphatic heterocycles. The summed E-state index contributed by atoms with van der Waals surface area (Å²) in [5, 5.41) is 6.39. The maximum atomic E-state index is 6.62. The zero-order chi connectivity index (χ0) is 65.3. The van der Waals surface area contributed by atoms with Crippen molar-refractivity contribution in [3.63, 3.8) is 0 Å². The first-order valence-corrected chi connectivity index (χ1v) is 33.4. The maximum Gasteiger partial charge on any atom is 0.136 e. The first-order valence-electron chi connectivity index (χ1n) is 33.4. The van der Waals surface area contributed by atoms with Crippen LogP contribution in [0.5, 0.6) is 0 Å². The van der Waals surface area contributed by atoms with Crippen LogP contribution in [0, 0.1) is 0 Å². The van der Waals surface area contributed by atoms with Gasteiger partial charge in [-0.25, -0.2) is 0 Å². The Hall–Kier alpha value is -13.3. The van der Waals surface area contributed by atoms with E-state index in [1.54, 1.807) is 0 Å². The fourth-order valence-electron chi connectivity index (χ4n) is 15.1. The Labute approximate surface area is 570 Å². The number of para-hydroxylation sites is 3. The third kappa shape index (κ3) is 9.92. The van der Waals surface area contributed by atoms with Gasteiger partial charge in [0.05, 0.1) is 17.1 Å². The summed E-state index contributed by atoms with van der Waals surface area (Å²) in [5.41, 5.74) is 30.0.